The zero-order chi connectivity index (χ0) is 16.2. The van der Waals surface area contributed by atoms with Gasteiger partial charge in [-0.3, -0.25) is 9.59 Å². The van der Waals surface area contributed by atoms with Crippen LogP contribution >= 0.6 is 0 Å². The molecule has 1 aliphatic rings. The van der Waals surface area contributed by atoms with Gasteiger partial charge < -0.3 is 16.8 Å². The third-order valence-corrected chi connectivity index (χ3v) is 4.68. The first-order valence-corrected chi connectivity index (χ1v) is 7.89. The number of amides is 2. The van der Waals surface area contributed by atoms with Crippen molar-refractivity contribution in [3.05, 3.63) is 35.9 Å². The molecule has 1 fully saturated rings. The Morgan fingerprint density at radius 3 is 2.27 bits per heavy atom. The molecule has 0 heterocycles. The maximum Gasteiger partial charge on any atom is 0.243 e. The van der Waals surface area contributed by atoms with E-state index in [2.05, 4.69) is 5.32 Å². The molecule has 1 aromatic rings. The molecule has 1 aromatic carbocycles. The van der Waals surface area contributed by atoms with Gasteiger partial charge in [0.1, 0.15) is 5.54 Å². The number of hydrogen-bond donors (Lipinski definition) is 3. The number of primary amides is 1. The van der Waals surface area contributed by atoms with Crippen molar-refractivity contribution in [2.75, 3.05) is 0 Å². The lowest BCUT2D eigenvalue weighted by molar-refractivity contribution is -0.135. The van der Waals surface area contributed by atoms with Crippen molar-refractivity contribution in [3.63, 3.8) is 0 Å². The van der Waals surface area contributed by atoms with Gasteiger partial charge in [0.2, 0.25) is 11.8 Å². The summed E-state index contributed by atoms with van der Waals surface area (Å²) >= 11 is 0. The Morgan fingerprint density at radius 2 is 1.73 bits per heavy atom. The highest BCUT2D eigenvalue weighted by atomic mass is 16.2. The smallest absolute Gasteiger partial charge is 0.243 e. The van der Waals surface area contributed by atoms with Gasteiger partial charge in [0.15, 0.2) is 0 Å². The lowest BCUT2D eigenvalue weighted by Crippen LogP contribution is -2.59. The van der Waals surface area contributed by atoms with Crippen LogP contribution in [0.2, 0.25) is 0 Å². The van der Waals surface area contributed by atoms with Crippen LogP contribution in [0.5, 0.6) is 0 Å². The van der Waals surface area contributed by atoms with Gasteiger partial charge in [-0.25, -0.2) is 0 Å². The molecule has 0 radical (unpaired) electrons. The summed E-state index contributed by atoms with van der Waals surface area (Å²) in [6.07, 6.45) is 4.11. The molecule has 0 spiro atoms. The molecule has 5 N–H and O–H groups in total. The summed E-state index contributed by atoms with van der Waals surface area (Å²) < 4.78 is 0. The second kappa shape index (κ2) is 6.92. The van der Waals surface area contributed by atoms with Crippen molar-refractivity contribution in [1.29, 1.82) is 0 Å². The number of nitrogens with one attached hydrogen (secondary N) is 1. The lowest BCUT2D eigenvalue weighted by Gasteiger charge is -2.36. The Bertz CT molecular complexity index is 524. The highest BCUT2D eigenvalue weighted by molar-refractivity contribution is 5.91. The number of rotatable bonds is 5. The molecule has 0 bridgehead atoms. The number of carbonyl (C=O) groups excluding carboxylic acids is 2. The molecule has 2 atom stereocenters. The molecule has 2 unspecified atom stereocenters. The molecule has 1 saturated carbocycles. The first kappa shape index (κ1) is 16.5. The van der Waals surface area contributed by atoms with Crippen LogP contribution in [0.15, 0.2) is 30.3 Å². The van der Waals surface area contributed by atoms with Crippen LogP contribution in [0.4, 0.5) is 0 Å². The molecule has 1 aliphatic carbocycles. The minimum absolute atomic E-state index is 0.211. The Balaban J connectivity index is 2.08. The Morgan fingerprint density at radius 1 is 1.14 bits per heavy atom. The third-order valence-electron chi connectivity index (χ3n) is 4.68. The highest BCUT2D eigenvalue weighted by Crippen LogP contribution is 2.29. The van der Waals surface area contributed by atoms with E-state index in [1.165, 1.54) is 0 Å². The van der Waals surface area contributed by atoms with Gasteiger partial charge in [-0.15, -0.1) is 0 Å². The van der Waals surface area contributed by atoms with Crippen LogP contribution in [-0.2, 0) is 9.59 Å². The fourth-order valence-corrected chi connectivity index (χ4v) is 3.07. The van der Waals surface area contributed by atoms with Gasteiger partial charge in [0.05, 0.1) is 5.92 Å². The molecule has 2 amide bonds. The maximum atomic E-state index is 12.5. The summed E-state index contributed by atoms with van der Waals surface area (Å²) in [6, 6.07) is 9.09. The topological polar surface area (TPSA) is 98.2 Å². The van der Waals surface area contributed by atoms with E-state index in [4.69, 9.17) is 11.5 Å². The van der Waals surface area contributed by atoms with E-state index in [-0.39, 0.29) is 5.91 Å². The first-order chi connectivity index (χ1) is 10.5. The Labute approximate surface area is 131 Å². The molecule has 22 heavy (non-hydrogen) atoms. The summed E-state index contributed by atoms with van der Waals surface area (Å²) in [5, 5.41) is 2.89. The number of benzene rings is 1. The number of carbonyl (C=O) groups is 2. The Hall–Kier alpha value is -1.88. The molecule has 0 saturated heterocycles. The normalized spacial score (nSPS) is 19.9. The maximum absolute atomic E-state index is 12.5. The van der Waals surface area contributed by atoms with Crippen molar-refractivity contribution < 1.29 is 9.59 Å². The zero-order valence-electron chi connectivity index (χ0n) is 13.0. The monoisotopic (exact) mass is 303 g/mol. The van der Waals surface area contributed by atoms with E-state index in [1.54, 1.807) is 6.92 Å². The molecule has 0 aromatic heterocycles. The average molecular weight is 303 g/mol. The fraction of sp³-hybridized carbons (Fsp3) is 0.529. The molecule has 5 heteroatoms. The lowest BCUT2D eigenvalue weighted by atomic mass is 9.80. The zero-order valence-corrected chi connectivity index (χ0v) is 13.0. The van der Waals surface area contributed by atoms with Crippen molar-refractivity contribution in [3.8, 4) is 0 Å². The second-order valence-corrected chi connectivity index (χ2v) is 6.22. The average Bonchev–Trinajstić information content (AvgIpc) is 2.55. The van der Waals surface area contributed by atoms with Crippen molar-refractivity contribution >= 4 is 11.8 Å². The molecule has 2 rings (SSSR count). The molecule has 5 nitrogen and oxygen atoms in total. The van der Waals surface area contributed by atoms with E-state index < -0.39 is 23.4 Å². The molecular formula is C17H25N3O2. The highest BCUT2D eigenvalue weighted by Gasteiger charge is 2.40. The summed E-state index contributed by atoms with van der Waals surface area (Å²) in [6.45, 7) is 1.78. The van der Waals surface area contributed by atoms with E-state index in [9.17, 15) is 9.59 Å². The fourth-order valence-electron chi connectivity index (χ4n) is 3.07. The van der Waals surface area contributed by atoms with Gasteiger partial charge in [-0.05, 0) is 18.4 Å². The van der Waals surface area contributed by atoms with Gasteiger partial charge >= 0.3 is 0 Å². The summed E-state index contributed by atoms with van der Waals surface area (Å²) in [5.74, 6) is -1.08. The summed E-state index contributed by atoms with van der Waals surface area (Å²) in [7, 11) is 0. The molecular weight excluding hydrogens is 278 g/mol. The standard InChI is InChI=1S/C17H25N3O2/c1-12(14(18)13-8-4-2-5-9-13)15(21)20-17(16(19)22)10-6-3-7-11-17/h2,4-5,8-9,12,14H,3,6-7,10-11,18H2,1H3,(H2,19,22)(H,20,21). The van der Waals surface area contributed by atoms with Gasteiger partial charge in [0, 0.05) is 6.04 Å². The van der Waals surface area contributed by atoms with Gasteiger partial charge in [-0.1, -0.05) is 56.5 Å². The van der Waals surface area contributed by atoms with Crippen molar-refractivity contribution in [2.45, 2.75) is 50.6 Å². The summed E-state index contributed by atoms with van der Waals surface area (Å²) in [5.41, 5.74) is 11.7. The van der Waals surface area contributed by atoms with Crippen LogP contribution in [0, 0.1) is 5.92 Å². The van der Waals surface area contributed by atoms with E-state index in [0.717, 1.165) is 24.8 Å². The third kappa shape index (κ3) is 3.47. The van der Waals surface area contributed by atoms with Crippen LogP contribution in [0.3, 0.4) is 0 Å². The van der Waals surface area contributed by atoms with Gasteiger partial charge in [-0.2, -0.15) is 0 Å². The summed E-state index contributed by atoms with van der Waals surface area (Å²) in [4.78, 5) is 24.4. The number of hydrogen-bond acceptors (Lipinski definition) is 3. The van der Waals surface area contributed by atoms with Crippen molar-refractivity contribution in [1.82, 2.24) is 5.32 Å². The largest absolute Gasteiger partial charge is 0.368 e. The molecule has 0 aliphatic heterocycles. The van der Waals surface area contributed by atoms with Crippen LogP contribution in [0.1, 0.15) is 50.6 Å². The van der Waals surface area contributed by atoms with Gasteiger partial charge in [0.25, 0.3) is 0 Å². The van der Waals surface area contributed by atoms with E-state index in [0.29, 0.717) is 12.8 Å². The first-order valence-electron chi connectivity index (χ1n) is 7.89. The quantitative estimate of drug-likeness (QED) is 0.771. The minimum atomic E-state index is -0.903. The Kier molecular flexibility index (Phi) is 5.19. The van der Waals surface area contributed by atoms with Crippen molar-refractivity contribution in [2.24, 2.45) is 17.4 Å². The van der Waals surface area contributed by atoms with E-state index in [1.807, 2.05) is 30.3 Å². The predicted octanol–water partition coefficient (Wildman–Crippen LogP) is 1.63. The van der Waals surface area contributed by atoms with E-state index >= 15 is 0 Å². The molecule has 120 valence electrons. The van der Waals surface area contributed by atoms with Crippen LogP contribution in [0.25, 0.3) is 0 Å². The minimum Gasteiger partial charge on any atom is -0.368 e. The van der Waals surface area contributed by atoms with Crippen LogP contribution < -0.4 is 16.8 Å². The second-order valence-electron chi connectivity index (χ2n) is 6.22. The predicted molar refractivity (Wildman–Crippen MR) is 85.7 cm³/mol. The number of nitrogens with two attached hydrogens (primary N) is 2. The SMILES string of the molecule is CC(C(=O)NC1(C(N)=O)CCCCC1)C(N)c1ccccc1. The van der Waals surface area contributed by atoms with Crippen LogP contribution in [-0.4, -0.2) is 17.4 Å².